The summed E-state index contributed by atoms with van der Waals surface area (Å²) < 4.78 is 7.88. The fraction of sp³-hybridized carbons (Fsp3) is 0.500. The van der Waals surface area contributed by atoms with Gasteiger partial charge in [-0.2, -0.15) is 0 Å². The molecule has 0 aliphatic carbocycles. The SMILES string of the molecule is O=C(O)CCCc1nc2cc(Cl)ccc2n1C[C@H]1CCCO1. The maximum atomic E-state index is 10.7. The molecule has 1 atom stereocenters. The van der Waals surface area contributed by atoms with E-state index < -0.39 is 5.97 Å². The van der Waals surface area contributed by atoms with Gasteiger partial charge in [0.1, 0.15) is 5.82 Å². The molecule has 1 fully saturated rings. The van der Waals surface area contributed by atoms with E-state index >= 15 is 0 Å². The Hall–Kier alpha value is -1.59. The van der Waals surface area contributed by atoms with Gasteiger partial charge in [-0.25, -0.2) is 4.98 Å². The maximum Gasteiger partial charge on any atom is 0.303 e. The summed E-state index contributed by atoms with van der Waals surface area (Å²) in [5, 5.41) is 9.46. The van der Waals surface area contributed by atoms with Crippen LogP contribution in [0.25, 0.3) is 11.0 Å². The molecule has 1 aromatic heterocycles. The van der Waals surface area contributed by atoms with Crippen molar-refractivity contribution < 1.29 is 14.6 Å². The second kappa shape index (κ2) is 6.67. The van der Waals surface area contributed by atoms with E-state index in [2.05, 4.69) is 9.55 Å². The molecule has 0 spiro atoms. The van der Waals surface area contributed by atoms with Crippen LogP contribution in [0.3, 0.4) is 0 Å². The topological polar surface area (TPSA) is 64.3 Å². The van der Waals surface area contributed by atoms with Gasteiger partial charge in [0.2, 0.25) is 0 Å². The molecular formula is C16H19ClN2O3. The first-order valence-corrected chi connectivity index (χ1v) is 7.99. The lowest BCUT2D eigenvalue weighted by Gasteiger charge is -2.14. The largest absolute Gasteiger partial charge is 0.481 e. The number of hydrogen-bond acceptors (Lipinski definition) is 3. The number of hydrogen-bond donors (Lipinski definition) is 1. The zero-order valence-electron chi connectivity index (χ0n) is 12.3. The van der Waals surface area contributed by atoms with E-state index in [0.717, 1.165) is 42.9 Å². The van der Waals surface area contributed by atoms with Gasteiger partial charge < -0.3 is 14.4 Å². The van der Waals surface area contributed by atoms with Crippen molar-refractivity contribution in [1.29, 1.82) is 0 Å². The number of benzene rings is 1. The van der Waals surface area contributed by atoms with Crippen LogP contribution in [0.4, 0.5) is 0 Å². The molecule has 1 N–H and O–H groups in total. The van der Waals surface area contributed by atoms with Gasteiger partial charge in [-0.3, -0.25) is 4.79 Å². The summed E-state index contributed by atoms with van der Waals surface area (Å²) in [7, 11) is 0. The Labute approximate surface area is 133 Å². The minimum Gasteiger partial charge on any atom is -0.481 e. The summed E-state index contributed by atoms with van der Waals surface area (Å²) in [5.74, 6) is 0.138. The number of aromatic nitrogens is 2. The smallest absolute Gasteiger partial charge is 0.303 e. The lowest BCUT2D eigenvalue weighted by molar-refractivity contribution is -0.137. The van der Waals surface area contributed by atoms with Crippen LogP contribution in [0, 0.1) is 0 Å². The number of imidazole rings is 1. The Morgan fingerprint density at radius 3 is 3.09 bits per heavy atom. The summed E-state index contributed by atoms with van der Waals surface area (Å²) in [5.41, 5.74) is 1.89. The molecule has 3 rings (SSSR count). The quantitative estimate of drug-likeness (QED) is 0.886. The Balaban J connectivity index is 1.87. The van der Waals surface area contributed by atoms with E-state index in [-0.39, 0.29) is 12.5 Å². The van der Waals surface area contributed by atoms with Crippen LogP contribution in [0.1, 0.15) is 31.5 Å². The van der Waals surface area contributed by atoms with Crippen molar-refractivity contribution in [2.24, 2.45) is 0 Å². The molecule has 0 bridgehead atoms. The Morgan fingerprint density at radius 2 is 2.36 bits per heavy atom. The average molecular weight is 323 g/mol. The molecule has 2 aromatic rings. The van der Waals surface area contributed by atoms with Crippen molar-refractivity contribution in [3.63, 3.8) is 0 Å². The molecule has 6 heteroatoms. The van der Waals surface area contributed by atoms with Crippen molar-refractivity contribution in [3.8, 4) is 0 Å². The lowest BCUT2D eigenvalue weighted by atomic mass is 10.2. The number of fused-ring (bicyclic) bond motifs is 1. The fourth-order valence-corrected chi connectivity index (χ4v) is 3.10. The number of halogens is 1. The highest BCUT2D eigenvalue weighted by Crippen LogP contribution is 2.24. The first-order chi connectivity index (χ1) is 10.6. The van der Waals surface area contributed by atoms with Crippen molar-refractivity contribution in [2.45, 2.75) is 44.8 Å². The van der Waals surface area contributed by atoms with Gasteiger partial charge in [0.25, 0.3) is 0 Å². The van der Waals surface area contributed by atoms with Gasteiger partial charge in [-0.15, -0.1) is 0 Å². The van der Waals surface area contributed by atoms with Gasteiger partial charge in [-0.1, -0.05) is 11.6 Å². The molecule has 1 saturated heterocycles. The predicted octanol–water partition coefficient (Wildman–Crippen LogP) is 3.28. The third-order valence-corrected chi connectivity index (χ3v) is 4.23. The third-order valence-electron chi connectivity index (χ3n) is 3.99. The molecule has 0 saturated carbocycles. The summed E-state index contributed by atoms with van der Waals surface area (Å²) in [6.45, 7) is 1.58. The van der Waals surface area contributed by atoms with Crippen LogP contribution in [0.15, 0.2) is 18.2 Å². The number of ether oxygens (including phenoxy) is 1. The van der Waals surface area contributed by atoms with Gasteiger partial charge in [0.05, 0.1) is 23.7 Å². The minimum atomic E-state index is -0.773. The fourth-order valence-electron chi connectivity index (χ4n) is 2.94. The molecule has 22 heavy (non-hydrogen) atoms. The number of aliphatic carboxylic acids is 1. The van der Waals surface area contributed by atoms with Crippen LogP contribution in [0.5, 0.6) is 0 Å². The van der Waals surface area contributed by atoms with Crippen LogP contribution in [-0.4, -0.2) is 33.3 Å². The highest BCUT2D eigenvalue weighted by atomic mass is 35.5. The number of carboxylic acids is 1. The molecule has 1 aliphatic heterocycles. The summed E-state index contributed by atoms with van der Waals surface area (Å²) in [4.78, 5) is 15.3. The highest BCUT2D eigenvalue weighted by molar-refractivity contribution is 6.31. The second-order valence-corrected chi connectivity index (χ2v) is 6.09. The number of carbonyl (C=O) groups is 1. The number of nitrogens with zero attached hydrogens (tertiary/aromatic N) is 2. The minimum absolute atomic E-state index is 0.157. The lowest BCUT2D eigenvalue weighted by Crippen LogP contribution is -2.17. The number of aryl methyl sites for hydroxylation is 1. The summed E-state index contributed by atoms with van der Waals surface area (Å²) >= 11 is 6.04. The predicted molar refractivity (Wildman–Crippen MR) is 84.3 cm³/mol. The number of rotatable bonds is 6. The average Bonchev–Trinajstić information content (AvgIpc) is 3.07. The molecule has 0 amide bonds. The zero-order valence-corrected chi connectivity index (χ0v) is 13.1. The van der Waals surface area contributed by atoms with E-state index in [1.807, 2.05) is 18.2 Å². The van der Waals surface area contributed by atoms with Crippen molar-refractivity contribution in [2.75, 3.05) is 6.61 Å². The van der Waals surface area contributed by atoms with Crippen LogP contribution >= 0.6 is 11.6 Å². The normalized spacial score (nSPS) is 18.1. The van der Waals surface area contributed by atoms with Crippen molar-refractivity contribution >= 4 is 28.6 Å². The van der Waals surface area contributed by atoms with E-state index in [9.17, 15) is 4.79 Å². The standard InChI is InChI=1S/C16H19ClN2O3/c17-11-6-7-14-13(9-11)18-15(4-1-5-16(20)21)19(14)10-12-3-2-8-22-12/h6-7,9,12H,1-5,8,10H2,(H,20,21)/t12-/m1/s1. The van der Waals surface area contributed by atoms with Crippen molar-refractivity contribution in [1.82, 2.24) is 9.55 Å². The maximum absolute atomic E-state index is 10.7. The van der Waals surface area contributed by atoms with Crippen LogP contribution in [-0.2, 0) is 22.5 Å². The second-order valence-electron chi connectivity index (χ2n) is 5.65. The van der Waals surface area contributed by atoms with Crippen LogP contribution in [0.2, 0.25) is 5.02 Å². The molecule has 2 heterocycles. The molecular weight excluding hydrogens is 304 g/mol. The van der Waals surface area contributed by atoms with Gasteiger partial charge in [0.15, 0.2) is 0 Å². The number of carboxylic acid groups (broad SMARTS) is 1. The Morgan fingerprint density at radius 1 is 1.50 bits per heavy atom. The molecule has 1 aliphatic rings. The van der Waals surface area contributed by atoms with Gasteiger partial charge in [-0.05, 0) is 37.5 Å². The summed E-state index contributed by atoms with van der Waals surface area (Å²) in [6, 6.07) is 5.68. The monoisotopic (exact) mass is 322 g/mol. The first-order valence-electron chi connectivity index (χ1n) is 7.61. The van der Waals surface area contributed by atoms with E-state index in [1.165, 1.54) is 0 Å². The molecule has 0 unspecified atom stereocenters. The molecule has 1 aromatic carbocycles. The molecule has 5 nitrogen and oxygen atoms in total. The third kappa shape index (κ3) is 3.42. The molecule has 118 valence electrons. The van der Waals surface area contributed by atoms with E-state index in [0.29, 0.717) is 17.9 Å². The Kier molecular flexibility index (Phi) is 4.64. The first kappa shape index (κ1) is 15.3. The van der Waals surface area contributed by atoms with Crippen LogP contribution < -0.4 is 0 Å². The summed E-state index contributed by atoms with van der Waals surface area (Å²) in [6.07, 6.45) is 3.75. The highest BCUT2D eigenvalue weighted by Gasteiger charge is 2.20. The van der Waals surface area contributed by atoms with Gasteiger partial charge in [0, 0.05) is 24.5 Å². The van der Waals surface area contributed by atoms with Gasteiger partial charge >= 0.3 is 5.97 Å². The Bertz CT molecular complexity index is 677. The molecule has 0 radical (unpaired) electrons. The van der Waals surface area contributed by atoms with Crippen molar-refractivity contribution in [3.05, 3.63) is 29.0 Å². The zero-order chi connectivity index (χ0) is 15.5. The van der Waals surface area contributed by atoms with E-state index in [4.69, 9.17) is 21.4 Å². The van der Waals surface area contributed by atoms with E-state index in [1.54, 1.807) is 0 Å².